The summed E-state index contributed by atoms with van der Waals surface area (Å²) in [6.07, 6.45) is 2.24. The fourth-order valence-corrected chi connectivity index (χ4v) is 0.502. The van der Waals surface area contributed by atoms with Crippen molar-refractivity contribution in [1.82, 2.24) is 0 Å². The first kappa shape index (κ1) is 14.1. The van der Waals surface area contributed by atoms with Crippen LogP contribution in [0.15, 0.2) is 18.2 Å². The molecule has 0 N–H and O–H groups in total. The van der Waals surface area contributed by atoms with Crippen LogP contribution in [0.3, 0.4) is 0 Å². The number of hydrogen-bond donors (Lipinski definition) is 0. The minimum Gasteiger partial charge on any atom is -1.00 e. The zero-order chi connectivity index (χ0) is 6.91. The molecule has 1 aliphatic carbocycles. The number of allylic oxidation sites excluding steroid dienone is 4. The largest absolute Gasteiger partial charge is 2.00 e. The average molecular weight is 237 g/mol. The molecule has 1 unspecified atom stereocenters. The summed E-state index contributed by atoms with van der Waals surface area (Å²) in [6.45, 7) is 0. The van der Waals surface area contributed by atoms with Gasteiger partial charge >= 0.3 is 23.1 Å². The monoisotopic (exact) mass is 236 g/mol. The van der Waals surface area contributed by atoms with Crippen LogP contribution in [0.5, 0.6) is 0 Å². The van der Waals surface area contributed by atoms with Crippen molar-refractivity contribution in [3.63, 3.8) is 0 Å². The number of rotatable bonds is 0. The van der Waals surface area contributed by atoms with Gasteiger partial charge in [0.15, 0.2) is 6.17 Å². The minimum absolute atomic E-state index is 0. The Morgan fingerprint density at radius 3 is 2.18 bits per heavy atom. The van der Waals surface area contributed by atoms with Crippen LogP contribution in [0.2, 0.25) is 0 Å². The van der Waals surface area contributed by atoms with Gasteiger partial charge in [0, 0.05) is 0 Å². The van der Waals surface area contributed by atoms with Crippen molar-refractivity contribution in [1.29, 1.82) is 0 Å². The molecule has 1 atom stereocenters. The van der Waals surface area contributed by atoms with Crippen molar-refractivity contribution in [2.24, 2.45) is 0 Å². The second-order valence-electron chi connectivity index (χ2n) is 1.74. The average Bonchev–Trinajstić information content (AvgIpc) is 1.77. The van der Waals surface area contributed by atoms with Crippen molar-refractivity contribution in [3.05, 3.63) is 24.3 Å². The van der Waals surface area contributed by atoms with Crippen molar-refractivity contribution in [3.8, 4) is 0 Å². The van der Waals surface area contributed by atoms with E-state index in [4.69, 9.17) is 0 Å². The molecule has 0 radical (unpaired) electrons. The zero-order valence-corrected chi connectivity index (χ0v) is 8.53. The summed E-state index contributed by atoms with van der Waals surface area (Å²) in [4.78, 5) is 0. The van der Waals surface area contributed by atoms with Gasteiger partial charge in [-0.25, -0.2) is 19.2 Å². The molecule has 0 fully saturated rings. The van der Waals surface area contributed by atoms with Gasteiger partial charge in [-0.05, 0) is 0 Å². The van der Waals surface area contributed by atoms with E-state index >= 15 is 0 Å². The Balaban J connectivity index is 0. The molecule has 1 rings (SSSR count). The van der Waals surface area contributed by atoms with Crippen LogP contribution < -0.4 is 17.0 Å². The first-order valence-corrected chi connectivity index (χ1v) is 2.42. The van der Waals surface area contributed by atoms with E-state index in [0.717, 1.165) is 6.08 Å². The summed E-state index contributed by atoms with van der Waals surface area (Å²) < 4.78 is 36.2. The number of halogens is 4. The van der Waals surface area contributed by atoms with Crippen molar-refractivity contribution >= 4 is 23.1 Å². The maximum Gasteiger partial charge on any atom is 2.00 e. The van der Waals surface area contributed by atoms with E-state index in [0.29, 0.717) is 12.2 Å². The van der Waals surface area contributed by atoms with Gasteiger partial charge in [-0.1, -0.05) is 0 Å². The molecule has 0 amide bonds. The number of alkyl halides is 3. The molecule has 0 aliphatic heterocycles. The second-order valence-corrected chi connectivity index (χ2v) is 1.74. The van der Waals surface area contributed by atoms with Crippen LogP contribution >= 0.6 is 0 Å². The van der Waals surface area contributed by atoms with Gasteiger partial charge in [0.1, 0.15) is 0 Å². The molecule has 0 bridgehead atoms. The molecule has 0 heterocycles. The Labute approximate surface area is 89.5 Å². The van der Waals surface area contributed by atoms with Crippen molar-refractivity contribution in [2.75, 3.05) is 0 Å². The Kier molecular flexibility index (Phi) is 6.66. The fraction of sp³-hybridized carbons (Fsp3) is 0.333. The van der Waals surface area contributed by atoms with Crippen LogP contribution in [0.25, 0.3) is 0 Å². The van der Waals surface area contributed by atoms with Gasteiger partial charge in [-0.3, -0.25) is 6.08 Å². The first-order chi connectivity index (χ1) is 4.13. The molecule has 58 valence electrons. The van der Waals surface area contributed by atoms with Gasteiger partial charge in [-0.15, -0.1) is 6.08 Å². The maximum absolute atomic E-state index is 12.1. The van der Waals surface area contributed by atoms with Gasteiger partial charge in [0.2, 0.25) is 5.92 Å². The Bertz CT molecular complexity index is 167. The quantitative estimate of drug-likeness (QED) is 0.356. The van der Waals surface area contributed by atoms with Crippen LogP contribution in [-0.4, -0.2) is 35.1 Å². The Morgan fingerprint density at radius 1 is 1.36 bits per heavy atom. The smallest absolute Gasteiger partial charge is 1.00 e. The van der Waals surface area contributed by atoms with Gasteiger partial charge in [0.25, 0.3) is 0 Å². The minimum atomic E-state index is -3.33. The summed E-state index contributed by atoms with van der Waals surface area (Å²) in [6, 6.07) is 0. The van der Waals surface area contributed by atoms with Crippen LogP contribution in [0.1, 0.15) is 0 Å². The second kappa shape index (κ2) is 5.21. The molecule has 0 saturated carbocycles. The van der Waals surface area contributed by atoms with Crippen molar-refractivity contribution < 1.29 is 30.2 Å². The molecule has 0 aromatic rings. The molecular weight excluding hydrogens is 233 g/mol. The van der Waals surface area contributed by atoms with E-state index in [1.54, 1.807) is 0 Å². The van der Waals surface area contributed by atoms with Crippen molar-refractivity contribution in [2.45, 2.75) is 12.1 Å². The normalized spacial score (nSPS) is 25.2. The summed E-state index contributed by atoms with van der Waals surface area (Å²) in [5, 5.41) is 0. The van der Waals surface area contributed by atoms with E-state index in [1.807, 2.05) is 0 Å². The Morgan fingerprint density at radius 2 is 1.91 bits per heavy atom. The molecule has 0 nitrogen and oxygen atoms in total. The molecule has 0 aromatic heterocycles. The first-order valence-electron chi connectivity index (χ1n) is 2.42. The topological polar surface area (TPSA) is 0 Å². The molecule has 5 heteroatoms. The number of hydrogen-bond acceptors (Lipinski definition) is 0. The summed E-state index contributed by atoms with van der Waals surface area (Å²) in [7, 11) is 0. The van der Waals surface area contributed by atoms with E-state index < -0.39 is 12.1 Å². The molecule has 1 aliphatic rings. The predicted molar refractivity (Wildman–Crippen MR) is 32.5 cm³/mol. The van der Waals surface area contributed by atoms with E-state index in [9.17, 15) is 13.2 Å². The van der Waals surface area contributed by atoms with Gasteiger partial charge in [0.05, 0.1) is 0 Å². The van der Waals surface area contributed by atoms with Crippen LogP contribution in [0.4, 0.5) is 13.2 Å². The molecule has 11 heavy (non-hydrogen) atoms. The predicted octanol–water partition coefficient (Wildman–Crippen LogP) is -1.49. The van der Waals surface area contributed by atoms with E-state index in [2.05, 4.69) is 6.08 Å². The molecule has 0 saturated heterocycles. The SMILES string of the molecule is FC1C=[C-]C=CC1(F)F.[Br-].[Mg+2]. The molecule has 0 spiro atoms. The maximum atomic E-state index is 12.1. The summed E-state index contributed by atoms with van der Waals surface area (Å²) in [5.74, 6) is -3.33. The third-order valence-electron chi connectivity index (χ3n) is 1.01. The van der Waals surface area contributed by atoms with Crippen LogP contribution in [0, 0.1) is 6.08 Å². The third kappa shape index (κ3) is 3.62. The zero-order valence-electron chi connectivity index (χ0n) is 5.53. The molecular formula is C6H4BrF3Mg. The fourth-order valence-electron chi connectivity index (χ4n) is 0.502. The van der Waals surface area contributed by atoms with E-state index in [-0.39, 0.29) is 40.0 Å². The third-order valence-corrected chi connectivity index (χ3v) is 1.01. The Hall–Kier alpha value is 0.516. The molecule has 0 aromatic carbocycles. The van der Waals surface area contributed by atoms with Gasteiger partial charge < -0.3 is 17.0 Å². The summed E-state index contributed by atoms with van der Waals surface area (Å²) >= 11 is 0. The summed E-state index contributed by atoms with van der Waals surface area (Å²) in [5.41, 5.74) is 0. The standard InChI is InChI=1S/C6H4F3.BrH.Mg/c7-5-3-1-2-4-6(5,8)9;;/h2-5H;1H;/q-1;;+2/p-1. The van der Waals surface area contributed by atoms with E-state index in [1.165, 1.54) is 0 Å². The van der Waals surface area contributed by atoms with Crippen LogP contribution in [-0.2, 0) is 0 Å². The van der Waals surface area contributed by atoms with Gasteiger partial charge in [-0.2, -0.15) is 6.08 Å².